The van der Waals surface area contributed by atoms with Crippen LogP contribution in [0.3, 0.4) is 0 Å². The van der Waals surface area contributed by atoms with Crippen LogP contribution < -0.4 is 5.32 Å². The van der Waals surface area contributed by atoms with Crippen molar-refractivity contribution in [3.05, 3.63) is 59.7 Å². The fourth-order valence-corrected chi connectivity index (χ4v) is 4.06. The number of likely N-dealkylation sites (N-methyl/N-ethyl adjacent to an activating group) is 2. The Labute approximate surface area is 187 Å². The van der Waals surface area contributed by atoms with Crippen molar-refractivity contribution in [1.29, 1.82) is 0 Å². The molecule has 0 aromatic heterocycles. The van der Waals surface area contributed by atoms with Gasteiger partial charge in [0.15, 0.2) is 0 Å². The number of carbonyl (C=O) groups is 3. The molecule has 3 rings (SSSR count). The monoisotopic (exact) mass is 439 g/mol. The minimum Gasteiger partial charge on any atom is -0.480 e. The van der Waals surface area contributed by atoms with Gasteiger partial charge in [0.1, 0.15) is 19.2 Å². The zero-order chi connectivity index (χ0) is 23.3. The van der Waals surface area contributed by atoms with Crippen molar-refractivity contribution in [3.63, 3.8) is 0 Å². The number of benzene rings is 2. The van der Waals surface area contributed by atoms with Crippen LogP contribution in [0.15, 0.2) is 48.5 Å². The van der Waals surface area contributed by atoms with Crippen LogP contribution in [0.1, 0.15) is 24.0 Å². The number of nitrogens with one attached hydrogen (secondary N) is 1. The van der Waals surface area contributed by atoms with E-state index >= 15 is 0 Å². The molecular formula is C24H29N3O5. The number of ether oxygens (including phenoxy) is 1. The van der Waals surface area contributed by atoms with E-state index in [1.807, 2.05) is 36.4 Å². The van der Waals surface area contributed by atoms with Crippen LogP contribution in [-0.2, 0) is 14.3 Å². The number of amides is 2. The largest absolute Gasteiger partial charge is 0.480 e. The van der Waals surface area contributed by atoms with Crippen LogP contribution in [0, 0.1) is 0 Å². The molecule has 1 atom stereocenters. The number of aliphatic carboxylic acids is 1. The Kier molecular flexibility index (Phi) is 7.48. The van der Waals surface area contributed by atoms with Gasteiger partial charge in [0.05, 0.1) is 0 Å². The number of hydrogen-bond acceptors (Lipinski definition) is 5. The highest BCUT2D eigenvalue weighted by Crippen LogP contribution is 2.44. The lowest BCUT2D eigenvalue weighted by atomic mass is 9.98. The molecule has 0 heterocycles. The molecule has 0 bridgehead atoms. The lowest BCUT2D eigenvalue weighted by molar-refractivity contribution is -0.145. The van der Waals surface area contributed by atoms with Gasteiger partial charge in [0, 0.05) is 19.0 Å². The van der Waals surface area contributed by atoms with Gasteiger partial charge in [-0.1, -0.05) is 48.5 Å². The molecule has 0 saturated heterocycles. The molecule has 32 heavy (non-hydrogen) atoms. The van der Waals surface area contributed by atoms with Crippen LogP contribution in [0.25, 0.3) is 11.1 Å². The molecule has 2 amide bonds. The van der Waals surface area contributed by atoms with Crippen molar-refractivity contribution in [2.45, 2.75) is 18.9 Å². The van der Waals surface area contributed by atoms with E-state index in [9.17, 15) is 14.4 Å². The predicted molar refractivity (Wildman–Crippen MR) is 120 cm³/mol. The average molecular weight is 440 g/mol. The minimum atomic E-state index is -1.11. The smallest absolute Gasteiger partial charge is 0.407 e. The molecule has 1 aliphatic carbocycles. The number of carboxylic acid groups (broad SMARTS) is 1. The highest BCUT2D eigenvalue weighted by molar-refractivity contribution is 5.88. The molecule has 1 unspecified atom stereocenters. The Hall–Kier alpha value is -3.39. The summed E-state index contributed by atoms with van der Waals surface area (Å²) < 4.78 is 5.54. The average Bonchev–Trinajstić information content (AvgIpc) is 3.08. The van der Waals surface area contributed by atoms with Gasteiger partial charge in [-0.05, 0) is 43.3 Å². The number of hydrogen-bond donors (Lipinski definition) is 2. The third-order valence-electron chi connectivity index (χ3n) is 5.50. The summed E-state index contributed by atoms with van der Waals surface area (Å²) in [5.41, 5.74) is 4.46. The Morgan fingerprint density at radius 2 is 1.59 bits per heavy atom. The van der Waals surface area contributed by atoms with E-state index in [2.05, 4.69) is 17.4 Å². The first-order chi connectivity index (χ1) is 15.3. The van der Waals surface area contributed by atoms with Gasteiger partial charge >= 0.3 is 12.1 Å². The van der Waals surface area contributed by atoms with E-state index in [1.54, 1.807) is 25.9 Å². The summed E-state index contributed by atoms with van der Waals surface area (Å²) >= 11 is 0. The number of carboxylic acids is 1. The summed E-state index contributed by atoms with van der Waals surface area (Å²) in [6, 6.07) is 15.2. The van der Waals surface area contributed by atoms with E-state index in [0.717, 1.165) is 22.3 Å². The third-order valence-corrected chi connectivity index (χ3v) is 5.50. The van der Waals surface area contributed by atoms with Gasteiger partial charge in [0.2, 0.25) is 5.91 Å². The highest BCUT2D eigenvalue weighted by atomic mass is 16.5. The van der Waals surface area contributed by atoms with Crippen LogP contribution >= 0.6 is 0 Å². The van der Waals surface area contributed by atoms with Gasteiger partial charge in [-0.25, -0.2) is 4.79 Å². The third kappa shape index (κ3) is 5.26. The van der Waals surface area contributed by atoms with Crippen molar-refractivity contribution in [2.24, 2.45) is 0 Å². The second-order valence-corrected chi connectivity index (χ2v) is 8.03. The first-order valence-electron chi connectivity index (χ1n) is 10.6. The molecule has 0 radical (unpaired) electrons. The molecule has 0 fully saturated rings. The molecule has 0 saturated carbocycles. The number of alkyl carbamates (subject to hydrolysis) is 1. The number of nitrogens with zero attached hydrogens (tertiary/aromatic N) is 2. The molecule has 2 aromatic rings. The van der Waals surface area contributed by atoms with Crippen molar-refractivity contribution in [2.75, 3.05) is 40.3 Å². The van der Waals surface area contributed by atoms with Crippen molar-refractivity contribution >= 4 is 18.0 Å². The lowest BCUT2D eigenvalue weighted by Crippen LogP contribution is -2.54. The summed E-state index contributed by atoms with van der Waals surface area (Å²) in [7, 11) is 3.54. The fourth-order valence-electron chi connectivity index (χ4n) is 4.06. The van der Waals surface area contributed by atoms with Crippen LogP contribution in [0.5, 0.6) is 0 Å². The Morgan fingerprint density at radius 1 is 1.03 bits per heavy atom. The summed E-state index contributed by atoms with van der Waals surface area (Å²) in [4.78, 5) is 39.5. The van der Waals surface area contributed by atoms with Gasteiger partial charge in [0.25, 0.3) is 0 Å². The maximum Gasteiger partial charge on any atom is 0.407 e. The number of carbonyl (C=O) groups excluding carboxylic acids is 2. The van der Waals surface area contributed by atoms with Gasteiger partial charge in [-0.15, -0.1) is 0 Å². The molecule has 8 nitrogen and oxygen atoms in total. The van der Waals surface area contributed by atoms with E-state index < -0.39 is 30.6 Å². The highest BCUT2D eigenvalue weighted by Gasteiger charge is 2.31. The summed E-state index contributed by atoms with van der Waals surface area (Å²) in [5.74, 6) is -1.66. The van der Waals surface area contributed by atoms with Gasteiger partial charge in [-0.2, -0.15) is 0 Å². The first-order valence-corrected chi connectivity index (χ1v) is 10.6. The molecule has 1 aliphatic rings. The molecule has 8 heteroatoms. The molecule has 2 N–H and O–H groups in total. The standard InChI is InChI=1S/C24H29N3O5/c1-4-27(14-22(28)29)23(30)21(13-26(2)3)25-24(31)32-15-20-18-11-7-5-9-16(18)17-10-6-8-12-19(17)20/h5-12,20-21H,4,13-15H2,1-3H3,(H,25,31)(H,28,29). The second-order valence-electron chi connectivity index (χ2n) is 8.03. The van der Waals surface area contributed by atoms with Gasteiger partial charge in [-0.3, -0.25) is 9.59 Å². The zero-order valence-electron chi connectivity index (χ0n) is 18.6. The quantitative estimate of drug-likeness (QED) is 0.623. The van der Waals surface area contributed by atoms with E-state index in [0.29, 0.717) is 0 Å². The Morgan fingerprint density at radius 3 is 2.09 bits per heavy atom. The van der Waals surface area contributed by atoms with Crippen molar-refractivity contribution < 1.29 is 24.2 Å². The number of fused-ring (bicyclic) bond motifs is 3. The Balaban J connectivity index is 1.69. The van der Waals surface area contributed by atoms with Crippen LogP contribution in [0.4, 0.5) is 4.79 Å². The molecule has 170 valence electrons. The number of rotatable bonds is 9. The summed E-state index contributed by atoms with van der Waals surface area (Å²) in [6.07, 6.45) is -0.710. The van der Waals surface area contributed by atoms with E-state index in [1.165, 1.54) is 4.90 Å². The summed E-state index contributed by atoms with van der Waals surface area (Å²) in [6.45, 7) is 1.85. The van der Waals surface area contributed by atoms with Gasteiger partial charge < -0.3 is 25.0 Å². The molecular weight excluding hydrogens is 410 g/mol. The van der Waals surface area contributed by atoms with E-state index in [-0.39, 0.29) is 25.6 Å². The molecule has 0 aliphatic heterocycles. The lowest BCUT2D eigenvalue weighted by Gasteiger charge is -2.27. The van der Waals surface area contributed by atoms with Crippen LogP contribution in [-0.4, -0.2) is 79.3 Å². The maximum absolute atomic E-state index is 12.8. The van der Waals surface area contributed by atoms with Crippen LogP contribution in [0.2, 0.25) is 0 Å². The predicted octanol–water partition coefficient (Wildman–Crippen LogP) is 2.39. The van der Waals surface area contributed by atoms with E-state index in [4.69, 9.17) is 9.84 Å². The normalized spacial score (nSPS) is 13.2. The zero-order valence-corrected chi connectivity index (χ0v) is 18.6. The molecule has 0 spiro atoms. The minimum absolute atomic E-state index is 0.0877. The Bertz CT molecular complexity index is 946. The fraction of sp³-hybridized carbons (Fsp3) is 0.375. The molecule has 2 aromatic carbocycles. The van der Waals surface area contributed by atoms with Crippen molar-refractivity contribution in [1.82, 2.24) is 15.1 Å². The van der Waals surface area contributed by atoms with Crippen molar-refractivity contribution in [3.8, 4) is 11.1 Å². The second kappa shape index (κ2) is 10.3. The SMILES string of the molecule is CCN(CC(=O)O)C(=O)C(CN(C)C)NC(=O)OCC1c2ccccc2-c2ccccc21. The topological polar surface area (TPSA) is 99.2 Å². The maximum atomic E-state index is 12.8. The summed E-state index contributed by atoms with van der Waals surface area (Å²) in [5, 5.41) is 11.7. The first kappa shape index (κ1) is 23.3.